The summed E-state index contributed by atoms with van der Waals surface area (Å²) in [5.74, 6) is 1.73. The number of Topliss-reactive ketones (excluding diaryl/α,β-unsaturated/α-hetero) is 2. The molecule has 1 aromatic carbocycles. The minimum Gasteiger partial charge on any atom is -0.382 e. The Kier molecular flexibility index (Phi) is 4.69. The lowest BCUT2D eigenvalue weighted by Crippen LogP contribution is -2.57. The van der Waals surface area contributed by atoms with Crippen LogP contribution in [0.1, 0.15) is 83.3 Å². The first kappa shape index (κ1) is 21.1. The normalized spacial score (nSPS) is 42.1. The highest BCUT2D eigenvalue weighted by Crippen LogP contribution is 2.68. The fourth-order valence-electron chi connectivity index (χ4n) is 8.36. The Balaban J connectivity index is 1.55. The number of ketones is 2. The molecule has 5 rings (SSSR count). The number of aryl methyl sites for hydroxylation is 1. The quantitative estimate of drug-likeness (QED) is 0.670. The number of fused-ring (bicyclic) bond motifs is 5. The van der Waals surface area contributed by atoms with E-state index in [2.05, 4.69) is 45.0 Å². The summed E-state index contributed by atoms with van der Waals surface area (Å²) in [5.41, 5.74) is 3.27. The molecule has 166 valence electrons. The van der Waals surface area contributed by atoms with Gasteiger partial charge in [-0.15, -0.1) is 0 Å². The highest BCUT2D eigenvalue weighted by molar-refractivity contribution is 6.22. The zero-order chi connectivity index (χ0) is 22.2. The van der Waals surface area contributed by atoms with Crippen LogP contribution in [0.15, 0.2) is 29.8 Å². The summed E-state index contributed by atoms with van der Waals surface area (Å²) in [6.45, 7) is 8.25. The summed E-state index contributed by atoms with van der Waals surface area (Å²) in [4.78, 5) is 25.5. The van der Waals surface area contributed by atoms with Crippen molar-refractivity contribution in [3.8, 4) is 0 Å². The molecule has 0 bridgehead atoms. The van der Waals surface area contributed by atoms with Crippen molar-refractivity contribution in [2.45, 2.75) is 84.7 Å². The van der Waals surface area contributed by atoms with E-state index in [4.69, 9.17) is 0 Å². The lowest BCUT2D eigenvalue weighted by Gasteiger charge is -2.59. The number of aliphatic hydroxyl groups is 1. The van der Waals surface area contributed by atoms with Crippen molar-refractivity contribution in [3.05, 3.63) is 41.0 Å². The van der Waals surface area contributed by atoms with Gasteiger partial charge in [0.05, 0.1) is 0 Å². The van der Waals surface area contributed by atoms with E-state index in [-0.39, 0.29) is 16.6 Å². The van der Waals surface area contributed by atoms with Crippen LogP contribution in [0.5, 0.6) is 0 Å². The van der Waals surface area contributed by atoms with E-state index in [1.807, 2.05) is 0 Å². The fourth-order valence-corrected chi connectivity index (χ4v) is 8.36. The molecule has 31 heavy (non-hydrogen) atoms. The maximum Gasteiger partial charge on any atom is 0.163 e. The molecule has 0 unspecified atom stereocenters. The Morgan fingerprint density at radius 1 is 0.968 bits per heavy atom. The summed E-state index contributed by atoms with van der Waals surface area (Å²) >= 11 is 0. The number of benzene rings is 1. The predicted molar refractivity (Wildman–Crippen MR) is 122 cm³/mol. The second-order valence-corrected chi connectivity index (χ2v) is 11.4. The van der Waals surface area contributed by atoms with Crippen molar-refractivity contribution < 1.29 is 14.7 Å². The number of hydrogen-bond acceptors (Lipinski definition) is 3. The molecule has 0 heterocycles. The smallest absolute Gasteiger partial charge is 0.163 e. The Morgan fingerprint density at radius 2 is 1.65 bits per heavy atom. The third kappa shape index (κ3) is 2.74. The number of carbonyl (C=O) groups excluding carboxylic acids is 2. The second kappa shape index (κ2) is 6.88. The molecule has 1 aromatic rings. The first-order valence-corrected chi connectivity index (χ1v) is 12.2. The van der Waals surface area contributed by atoms with Crippen LogP contribution in [0, 0.1) is 35.5 Å². The van der Waals surface area contributed by atoms with Crippen LogP contribution >= 0.6 is 0 Å². The van der Waals surface area contributed by atoms with E-state index >= 15 is 0 Å². The van der Waals surface area contributed by atoms with E-state index in [0.717, 1.165) is 49.7 Å². The molecular weight excluding hydrogens is 384 g/mol. The topological polar surface area (TPSA) is 54.4 Å². The average molecular weight is 421 g/mol. The van der Waals surface area contributed by atoms with Gasteiger partial charge in [0.15, 0.2) is 11.6 Å². The van der Waals surface area contributed by atoms with Crippen LogP contribution in [0.3, 0.4) is 0 Å². The molecule has 0 aromatic heterocycles. The first-order chi connectivity index (χ1) is 14.6. The van der Waals surface area contributed by atoms with Gasteiger partial charge in [-0.2, -0.15) is 0 Å². The van der Waals surface area contributed by atoms with Gasteiger partial charge in [0.1, 0.15) is 5.60 Å². The van der Waals surface area contributed by atoms with Crippen LogP contribution in [-0.4, -0.2) is 22.3 Å². The molecule has 3 nitrogen and oxygen atoms in total. The third-order valence-corrected chi connectivity index (χ3v) is 10.2. The van der Waals surface area contributed by atoms with Gasteiger partial charge in [-0.1, -0.05) is 49.2 Å². The minimum absolute atomic E-state index is 0.0509. The van der Waals surface area contributed by atoms with E-state index in [1.54, 1.807) is 6.92 Å². The lowest BCUT2D eigenvalue weighted by molar-refractivity contribution is -0.160. The summed E-state index contributed by atoms with van der Waals surface area (Å²) in [6.07, 6.45) is 7.13. The molecule has 3 heteroatoms. The summed E-state index contributed by atoms with van der Waals surface area (Å²) in [7, 11) is 0. The summed E-state index contributed by atoms with van der Waals surface area (Å²) in [5, 5.41) is 11.4. The van der Waals surface area contributed by atoms with Gasteiger partial charge in [-0.3, -0.25) is 9.59 Å². The Labute approximate surface area is 186 Å². The second-order valence-electron chi connectivity index (χ2n) is 11.4. The van der Waals surface area contributed by atoms with Gasteiger partial charge in [0.2, 0.25) is 0 Å². The largest absolute Gasteiger partial charge is 0.382 e. The molecule has 3 saturated carbocycles. The monoisotopic (exact) mass is 420 g/mol. The maximum atomic E-state index is 13.1. The summed E-state index contributed by atoms with van der Waals surface area (Å²) in [6, 6.07) is 8.46. The molecule has 4 aliphatic carbocycles. The van der Waals surface area contributed by atoms with E-state index in [9.17, 15) is 14.7 Å². The SMILES string of the molecule is CC(=O)[C@@]1(O)CC[C@H]2[C@@H]3CCC4=C(c5ccc(C)cc5)C(=O)CC[C@]4(C)[C@H]3CC[C@@]21C. The lowest BCUT2D eigenvalue weighted by atomic mass is 9.45. The van der Waals surface area contributed by atoms with Crippen molar-refractivity contribution in [2.24, 2.45) is 28.6 Å². The van der Waals surface area contributed by atoms with E-state index in [0.29, 0.717) is 36.4 Å². The molecule has 0 amide bonds. The molecule has 0 saturated heterocycles. The average Bonchev–Trinajstić information content (AvgIpc) is 3.02. The van der Waals surface area contributed by atoms with Crippen molar-refractivity contribution in [2.75, 3.05) is 0 Å². The number of hydrogen-bond donors (Lipinski definition) is 1. The number of rotatable bonds is 2. The van der Waals surface area contributed by atoms with Gasteiger partial charge in [-0.05, 0) is 87.5 Å². The molecule has 0 aliphatic heterocycles. The molecule has 6 atom stereocenters. The van der Waals surface area contributed by atoms with Crippen LogP contribution < -0.4 is 0 Å². The Hall–Kier alpha value is -1.74. The van der Waals surface area contributed by atoms with Gasteiger partial charge in [-0.25, -0.2) is 0 Å². The molecular formula is C28H36O3. The van der Waals surface area contributed by atoms with Crippen LogP contribution in [0.2, 0.25) is 0 Å². The molecule has 0 spiro atoms. The van der Waals surface area contributed by atoms with E-state index in [1.165, 1.54) is 11.1 Å². The standard InChI is InChI=1S/C28H36O3/c1-17-5-7-19(8-6-17)25-23-10-9-20-21(26(23,3)14-13-24(25)30)11-15-27(4)22(20)12-16-28(27,31)18(2)29/h5-8,20-22,31H,9-16H2,1-4H3/t20-,21+,22+,26-,27+,28+/m1/s1. The fraction of sp³-hybridized carbons (Fsp3) is 0.643. The van der Waals surface area contributed by atoms with Crippen LogP contribution in [0.4, 0.5) is 0 Å². The third-order valence-electron chi connectivity index (χ3n) is 10.2. The molecule has 0 radical (unpaired) electrons. The molecule has 4 aliphatic rings. The highest BCUT2D eigenvalue weighted by atomic mass is 16.3. The van der Waals surface area contributed by atoms with Gasteiger partial charge >= 0.3 is 0 Å². The van der Waals surface area contributed by atoms with E-state index < -0.39 is 5.60 Å². The van der Waals surface area contributed by atoms with Crippen molar-refractivity contribution in [1.29, 1.82) is 0 Å². The van der Waals surface area contributed by atoms with Crippen molar-refractivity contribution in [3.63, 3.8) is 0 Å². The highest BCUT2D eigenvalue weighted by Gasteiger charge is 2.65. The van der Waals surface area contributed by atoms with Gasteiger partial charge < -0.3 is 5.11 Å². The van der Waals surface area contributed by atoms with Gasteiger partial charge in [0, 0.05) is 17.4 Å². The Morgan fingerprint density at radius 3 is 2.32 bits per heavy atom. The van der Waals surface area contributed by atoms with Crippen LogP contribution in [-0.2, 0) is 9.59 Å². The maximum absolute atomic E-state index is 13.1. The van der Waals surface area contributed by atoms with Crippen molar-refractivity contribution in [1.82, 2.24) is 0 Å². The van der Waals surface area contributed by atoms with Crippen LogP contribution in [0.25, 0.3) is 5.57 Å². The molecule has 1 N–H and O–H groups in total. The van der Waals surface area contributed by atoms with Crippen molar-refractivity contribution >= 4 is 17.1 Å². The zero-order valence-electron chi connectivity index (χ0n) is 19.5. The molecule has 3 fully saturated rings. The van der Waals surface area contributed by atoms with Gasteiger partial charge in [0.25, 0.3) is 0 Å². The number of allylic oxidation sites excluding steroid dienone is 1. The first-order valence-electron chi connectivity index (χ1n) is 12.2. The zero-order valence-corrected chi connectivity index (χ0v) is 19.5. The number of carbonyl (C=O) groups is 2. The summed E-state index contributed by atoms with van der Waals surface area (Å²) < 4.78 is 0. The predicted octanol–water partition coefficient (Wildman–Crippen LogP) is 5.67. The Bertz CT molecular complexity index is 972. The minimum atomic E-state index is -1.16.